The molecule has 0 aromatic heterocycles. The second-order valence-electron chi connectivity index (χ2n) is 6.29. The van der Waals surface area contributed by atoms with Gasteiger partial charge in [-0.1, -0.05) is 32.3 Å². The Kier molecular flexibility index (Phi) is 5.99. The van der Waals surface area contributed by atoms with Crippen molar-refractivity contribution in [1.29, 1.82) is 0 Å². The molecule has 0 saturated heterocycles. The fraction of sp³-hybridized carbons (Fsp3) is 0.556. The minimum Gasteiger partial charge on any atom is -0.366 e. The van der Waals surface area contributed by atoms with Crippen LogP contribution in [0.4, 0.5) is 5.69 Å². The molecule has 4 heteroatoms. The Morgan fingerprint density at radius 1 is 1.23 bits per heavy atom. The molecule has 0 heterocycles. The maximum atomic E-state index is 12.3. The molecule has 4 nitrogen and oxygen atoms in total. The fourth-order valence-corrected chi connectivity index (χ4v) is 3.20. The molecule has 1 aliphatic rings. The van der Waals surface area contributed by atoms with Gasteiger partial charge in [0, 0.05) is 17.2 Å². The van der Waals surface area contributed by atoms with Crippen LogP contribution in [0.3, 0.4) is 0 Å². The highest BCUT2D eigenvalue weighted by molar-refractivity contribution is 5.96. The molecule has 0 unspecified atom stereocenters. The number of unbranched alkanes of at least 4 members (excludes halogenated alkanes) is 1. The minimum absolute atomic E-state index is 0.0653. The second kappa shape index (κ2) is 7.97. The van der Waals surface area contributed by atoms with E-state index >= 15 is 0 Å². The molecule has 2 rings (SSSR count). The Morgan fingerprint density at radius 3 is 2.59 bits per heavy atom. The van der Waals surface area contributed by atoms with Crippen LogP contribution in [-0.4, -0.2) is 11.8 Å². The Hall–Kier alpha value is -1.84. The molecular formula is C18H26N2O2. The van der Waals surface area contributed by atoms with E-state index in [0.29, 0.717) is 11.3 Å². The number of carbonyl (C=O) groups excluding carboxylic acids is 2. The summed E-state index contributed by atoms with van der Waals surface area (Å²) in [5.74, 6) is 0.473. The molecule has 3 N–H and O–H groups in total. The van der Waals surface area contributed by atoms with E-state index < -0.39 is 5.91 Å². The van der Waals surface area contributed by atoms with Crippen molar-refractivity contribution in [3.05, 3.63) is 29.8 Å². The van der Waals surface area contributed by atoms with Crippen LogP contribution in [0.2, 0.25) is 0 Å². The molecule has 1 aromatic carbocycles. The molecule has 120 valence electrons. The summed E-state index contributed by atoms with van der Waals surface area (Å²) >= 11 is 0. The topological polar surface area (TPSA) is 72.2 Å². The van der Waals surface area contributed by atoms with E-state index in [4.69, 9.17) is 5.73 Å². The van der Waals surface area contributed by atoms with E-state index in [-0.39, 0.29) is 11.8 Å². The van der Waals surface area contributed by atoms with Crippen molar-refractivity contribution in [1.82, 2.24) is 0 Å². The molecule has 1 fully saturated rings. The molecule has 22 heavy (non-hydrogen) atoms. The molecule has 1 aliphatic carbocycles. The standard InChI is InChI=1S/C18H26N2O2/c1-2-3-5-13-8-10-14(11-9-13)18(22)20-16-7-4-6-15(12-16)17(19)21/h4,6-7,12-14H,2-3,5,8-11H2,1H3,(H2,19,21)(H,20,22). The van der Waals surface area contributed by atoms with Crippen LogP contribution >= 0.6 is 0 Å². The lowest BCUT2D eigenvalue weighted by atomic mass is 9.79. The van der Waals surface area contributed by atoms with Gasteiger partial charge in [0.05, 0.1) is 0 Å². The average Bonchev–Trinajstić information content (AvgIpc) is 2.53. The van der Waals surface area contributed by atoms with E-state index in [1.165, 1.54) is 19.3 Å². The predicted octanol–water partition coefficient (Wildman–Crippen LogP) is 3.72. The zero-order valence-electron chi connectivity index (χ0n) is 13.3. The van der Waals surface area contributed by atoms with Gasteiger partial charge in [0.1, 0.15) is 0 Å². The average molecular weight is 302 g/mol. The van der Waals surface area contributed by atoms with Gasteiger partial charge in [-0.05, 0) is 49.8 Å². The summed E-state index contributed by atoms with van der Waals surface area (Å²) in [7, 11) is 0. The number of hydrogen-bond donors (Lipinski definition) is 2. The van der Waals surface area contributed by atoms with Gasteiger partial charge in [-0.2, -0.15) is 0 Å². The first kappa shape index (κ1) is 16.5. The third kappa shape index (κ3) is 4.58. The SMILES string of the molecule is CCCCC1CCC(C(=O)Nc2cccc(C(N)=O)c2)CC1. The number of nitrogens with one attached hydrogen (secondary N) is 1. The summed E-state index contributed by atoms with van der Waals surface area (Å²) in [6.07, 6.45) is 8.08. The van der Waals surface area contributed by atoms with Crippen molar-refractivity contribution < 1.29 is 9.59 Å². The summed E-state index contributed by atoms with van der Waals surface area (Å²) in [5.41, 5.74) is 6.33. The van der Waals surface area contributed by atoms with Crippen LogP contribution in [-0.2, 0) is 4.79 Å². The second-order valence-corrected chi connectivity index (χ2v) is 6.29. The zero-order chi connectivity index (χ0) is 15.9. The number of carbonyl (C=O) groups is 2. The highest BCUT2D eigenvalue weighted by Gasteiger charge is 2.26. The van der Waals surface area contributed by atoms with Crippen molar-refractivity contribution in [2.24, 2.45) is 17.6 Å². The largest absolute Gasteiger partial charge is 0.366 e. The fourth-order valence-electron chi connectivity index (χ4n) is 3.20. The normalized spacial score (nSPS) is 21.3. The molecular weight excluding hydrogens is 276 g/mol. The number of anilines is 1. The highest BCUT2D eigenvalue weighted by Crippen LogP contribution is 2.32. The van der Waals surface area contributed by atoms with Crippen molar-refractivity contribution in [2.75, 3.05) is 5.32 Å². The van der Waals surface area contributed by atoms with E-state index in [0.717, 1.165) is 31.6 Å². The molecule has 1 saturated carbocycles. The summed E-state index contributed by atoms with van der Waals surface area (Å²) < 4.78 is 0. The minimum atomic E-state index is -0.479. The van der Waals surface area contributed by atoms with Crippen molar-refractivity contribution >= 4 is 17.5 Å². The number of hydrogen-bond acceptors (Lipinski definition) is 2. The summed E-state index contributed by atoms with van der Waals surface area (Å²) in [5, 5.41) is 2.92. The van der Waals surface area contributed by atoms with Gasteiger partial charge in [-0.15, -0.1) is 0 Å². The lowest BCUT2D eigenvalue weighted by Gasteiger charge is -2.27. The number of amides is 2. The lowest BCUT2D eigenvalue weighted by molar-refractivity contribution is -0.121. The predicted molar refractivity (Wildman–Crippen MR) is 88.6 cm³/mol. The van der Waals surface area contributed by atoms with Crippen LogP contribution < -0.4 is 11.1 Å². The monoisotopic (exact) mass is 302 g/mol. The molecule has 0 aliphatic heterocycles. The molecule has 0 spiro atoms. The van der Waals surface area contributed by atoms with Crippen molar-refractivity contribution in [2.45, 2.75) is 51.9 Å². The van der Waals surface area contributed by atoms with Gasteiger partial charge in [-0.3, -0.25) is 9.59 Å². The van der Waals surface area contributed by atoms with Crippen molar-refractivity contribution in [3.8, 4) is 0 Å². The Balaban J connectivity index is 1.85. The third-order valence-corrected chi connectivity index (χ3v) is 4.60. The molecule has 1 aromatic rings. The van der Waals surface area contributed by atoms with E-state index in [2.05, 4.69) is 12.2 Å². The van der Waals surface area contributed by atoms with Gasteiger partial charge >= 0.3 is 0 Å². The third-order valence-electron chi connectivity index (χ3n) is 4.60. The van der Waals surface area contributed by atoms with Crippen LogP contribution in [0.25, 0.3) is 0 Å². The molecule has 2 amide bonds. The molecule has 0 bridgehead atoms. The summed E-state index contributed by atoms with van der Waals surface area (Å²) in [6.45, 7) is 2.22. The summed E-state index contributed by atoms with van der Waals surface area (Å²) in [6, 6.07) is 6.80. The van der Waals surface area contributed by atoms with E-state index in [1.54, 1.807) is 24.3 Å². The Bertz CT molecular complexity index is 520. The van der Waals surface area contributed by atoms with Crippen LogP contribution in [0, 0.1) is 11.8 Å². The van der Waals surface area contributed by atoms with Gasteiger partial charge < -0.3 is 11.1 Å². The number of rotatable bonds is 6. The number of benzene rings is 1. The Morgan fingerprint density at radius 2 is 1.95 bits per heavy atom. The van der Waals surface area contributed by atoms with Crippen molar-refractivity contribution in [3.63, 3.8) is 0 Å². The number of nitrogens with two attached hydrogens (primary N) is 1. The smallest absolute Gasteiger partial charge is 0.248 e. The summed E-state index contributed by atoms with van der Waals surface area (Å²) in [4.78, 5) is 23.5. The molecule has 0 atom stereocenters. The maximum Gasteiger partial charge on any atom is 0.248 e. The maximum absolute atomic E-state index is 12.3. The first-order valence-corrected chi connectivity index (χ1v) is 8.31. The zero-order valence-corrected chi connectivity index (χ0v) is 13.3. The van der Waals surface area contributed by atoms with Gasteiger partial charge in [0.2, 0.25) is 11.8 Å². The van der Waals surface area contributed by atoms with Gasteiger partial charge in [0.25, 0.3) is 0 Å². The quantitative estimate of drug-likeness (QED) is 0.840. The van der Waals surface area contributed by atoms with E-state index in [1.807, 2.05) is 0 Å². The first-order valence-electron chi connectivity index (χ1n) is 8.31. The Labute approximate surface area is 132 Å². The van der Waals surface area contributed by atoms with Crippen LogP contribution in [0.1, 0.15) is 62.2 Å². The first-order chi connectivity index (χ1) is 10.6. The number of primary amides is 1. The van der Waals surface area contributed by atoms with E-state index in [9.17, 15) is 9.59 Å². The van der Waals surface area contributed by atoms with Crippen LogP contribution in [0.15, 0.2) is 24.3 Å². The van der Waals surface area contributed by atoms with Gasteiger partial charge in [0.15, 0.2) is 0 Å². The van der Waals surface area contributed by atoms with Gasteiger partial charge in [-0.25, -0.2) is 0 Å². The highest BCUT2D eigenvalue weighted by atomic mass is 16.2. The molecule has 0 radical (unpaired) electrons. The van der Waals surface area contributed by atoms with Crippen LogP contribution in [0.5, 0.6) is 0 Å². The lowest BCUT2D eigenvalue weighted by Crippen LogP contribution is -2.27.